The molecule has 0 saturated carbocycles. The van der Waals surface area contributed by atoms with Crippen molar-refractivity contribution in [3.05, 3.63) is 76.6 Å². The predicted octanol–water partition coefficient (Wildman–Crippen LogP) is 4.07. The SMILES string of the molecule is C=CCOc1ccc(C(=O)NNC(=S)NC(=O)c2sc3ccccc3c2Cl)cc1. The lowest BCUT2D eigenvalue weighted by Gasteiger charge is -2.11. The number of benzene rings is 2. The number of fused-ring (bicyclic) bond motifs is 1. The monoisotopic (exact) mass is 445 g/mol. The molecule has 1 aromatic heterocycles. The van der Waals surface area contributed by atoms with Crippen molar-refractivity contribution in [2.75, 3.05) is 6.61 Å². The largest absolute Gasteiger partial charge is 0.490 e. The van der Waals surface area contributed by atoms with Crippen LogP contribution in [0, 0.1) is 0 Å². The number of thiocarbonyl (C=S) groups is 1. The zero-order valence-corrected chi connectivity index (χ0v) is 17.4. The standard InChI is InChI=1S/C20H16ClN3O3S2/c1-2-11-27-13-9-7-12(8-10-13)18(25)23-24-20(28)22-19(26)17-16(21)14-5-3-4-6-15(14)29-17/h2-10H,1,11H2,(H,23,25)(H2,22,24,26,28). The molecule has 6 nitrogen and oxygen atoms in total. The third-order valence-electron chi connectivity index (χ3n) is 3.74. The van der Waals surface area contributed by atoms with Crippen molar-refractivity contribution in [1.82, 2.24) is 16.2 Å². The van der Waals surface area contributed by atoms with Crippen LogP contribution in [0.25, 0.3) is 10.1 Å². The topological polar surface area (TPSA) is 79.5 Å². The van der Waals surface area contributed by atoms with E-state index in [9.17, 15) is 9.59 Å². The van der Waals surface area contributed by atoms with Gasteiger partial charge in [0.2, 0.25) is 0 Å². The molecule has 3 aromatic rings. The first-order valence-electron chi connectivity index (χ1n) is 8.42. The molecule has 29 heavy (non-hydrogen) atoms. The van der Waals surface area contributed by atoms with Crippen molar-refractivity contribution in [1.29, 1.82) is 0 Å². The molecule has 0 saturated heterocycles. The quantitative estimate of drug-likeness (QED) is 0.313. The predicted molar refractivity (Wildman–Crippen MR) is 120 cm³/mol. The van der Waals surface area contributed by atoms with Crippen molar-refractivity contribution in [2.45, 2.75) is 0 Å². The van der Waals surface area contributed by atoms with E-state index in [2.05, 4.69) is 22.7 Å². The zero-order valence-electron chi connectivity index (χ0n) is 15.0. The summed E-state index contributed by atoms with van der Waals surface area (Å²) < 4.78 is 6.26. The third kappa shape index (κ3) is 5.11. The lowest BCUT2D eigenvalue weighted by atomic mass is 10.2. The second kappa shape index (κ2) is 9.51. The fourth-order valence-electron chi connectivity index (χ4n) is 2.39. The Hall–Kier alpha value is -2.94. The maximum absolute atomic E-state index is 12.4. The van der Waals surface area contributed by atoms with Crippen LogP contribution in [0.15, 0.2) is 61.2 Å². The summed E-state index contributed by atoms with van der Waals surface area (Å²) in [6, 6.07) is 14.0. The molecule has 1 heterocycles. The van der Waals surface area contributed by atoms with E-state index in [1.807, 2.05) is 24.3 Å². The highest BCUT2D eigenvalue weighted by atomic mass is 35.5. The van der Waals surface area contributed by atoms with Gasteiger partial charge >= 0.3 is 0 Å². The zero-order chi connectivity index (χ0) is 20.8. The third-order valence-corrected chi connectivity index (χ3v) is 5.62. The molecule has 0 unspecified atom stereocenters. The van der Waals surface area contributed by atoms with E-state index in [1.165, 1.54) is 11.3 Å². The van der Waals surface area contributed by atoms with Crippen molar-refractivity contribution in [2.24, 2.45) is 0 Å². The van der Waals surface area contributed by atoms with Crippen molar-refractivity contribution >= 4 is 62.2 Å². The molecular formula is C20H16ClN3O3S2. The highest BCUT2D eigenvalue weighted by molar-refractivity contribution is 7.80. The number of hydrazine groups is 1. The van der Waals surface area contributed by atoms with E-state index < -0.39 is 11.8 Å². The minimum Gasteiger partial charge on any atom is -0.490 e. The first kappa shape index (κ1) is 20.8. The van der Waals surface area contributed by atoms with Crippen LogP contribution in [-0.4, -0.2) is 23.5 Å². The number of rotatable bonds is 5. The molecule has 0 aliphatic carbocycles. The summed E-state index contributed by atoms with van der Waals surface area (Å²) in [6.45, 7) is 3.95. The van der Waals surface area contributed by atoms with Gasteiger partial charge in [0, 0.05) is 15.6 Å². The van der Waals surface area contributed by atoms with Gasteiger partial charge < -0.3 is 4.74 Å². The number of carbonyl (C=O) groups is 2. The van der Waals surface area contributed by atoms with Gasteiger partial charge in [-0.3, -0.25) is 25.8 Å². The van der Waals surface area contributed by atoms with Crippen LogP contribution < -0.4 is 20.9 Å². The number of thiophene rings is 1. The Morgan fingerprint density at radius 3 is 2.52 bits per heavy atom. The van der Waals surface area contributed by atoms with E-state index in [1.54, 1.807) is 30.3 Å². The molecule has 0 atom stereocenters. The average Bonchev–Trinajstić information content (AvgIpc) is 3.08. The maximum atomic E-state index is 12.4. The second-order valence-corrected chi connectivity index (χ2v) is 7.57. The molecule has 2 amide bonds. The number of ether oxygens (including phenoxy) is 1. The van der Waals surface area contributed by atoms with Crippen LogP contribution in [0.3, 0.4) is 0 Å². The van der Waals surface area contributed by atoms with Crippen LogP contribution in [0.4, 0.5) is 0 Å². The number of nitrogens with one attached hydrogen (secondary N) is 3. The Balaban J connectivity index is 1.55. The molecule has 3 N–H and O–H groups in total. The fourth-order valence-corrected chi connectivity index (χ4v) is 3.95. The van der Waals surface area contributed by atoms with Gasteiger partial charge in [-0.1, -0.05) is 42.5 Å². The summed E-state index contributed by atoms with van der Waals surface area (Å²) in [6.07, 6.45) is 1.63. The first-order chi connectivity index (χ1) is 14.0. The van der Waals surface area contributed by atoms with Crippen LogP contribution in [-0.2, 0) is 0 Å². The smallest absolute Gasteiger partial charge is 0.269 e. The van der Waals surface area contributed by atoms with Gasteiger partial charge in [0.05, 0.1) is 5.02 Å². The minimum absolute atomic E-state index is 0.0530. The van der Waals surface area contributed by atoms with Gasteiger partial charge in [-0.05, 0) is 42.5 Å². The second-order valence-electron chi connectivity index (χ2n) is 5.73. The number of halogens is 1. The van der Waals surface area contributed by atoms with E-state index in [4.69, 9.17) is 28.6 Å². The van der Waals surface area contributed by atoms with E-state index in [0.717, 1.165) is 10.1 Å². The van der Waals surface area contributed by atoms with E-state index in [-0.39, 0.29) is 5.11 Å². The summed E-state index contributed by atoms with van der Waals surface area (Å²) in [5, 5.41) is 3.62. The summed E-state index contributed by atoms with van der Waals surface area (Å²) in [5.41, 5.74) is 5.32. The van der Waals surface area contributed by atoms with Crippen molar-refractivity contribution in [3.63, 3.8) is 0 Å². The molecule has 0 spiro atoms. The summed E-state index contributed by atoms with van der Waals surface area (Å²) >= 11 is 12.6. The van der Waals surface area contributed by atoms with E-state index >= 15 is 0 Å². The lowest BCUT2D eigenvalue weighted by Crippen LogP contribution is -2.48. The molecule has 0 fully saturated rings. The van der Waals surface area contributed by atoms with Crippen LogP contribution in [0.5, 0.6) is 5.75 Å². The number of amides is 2. The Kier molecular flexibility index (Phi) is 6.82. The van der Waals surface area contributed by atoms with Crippen LogP contribution >= 0.6 is 35.2 Å². The normalized spacial score (nSPS) is 10.2. The Labute approximate surface area is 181 Å². The molecule has 9 heteroatoms. The average molecular weight is 446 g/mol. The first-order valence-corrected chi connectivity index (χ1v) is 10.0. The molecule has 3 rings (SSSR count). The highest BCUT2D eigenvalue weighted by Gasteiger charge is 2.18. The lowest BCUT2D eigenvalue weighted by molar-refractivity contribution is 0.0935. The molecule has 148 valence electrons. The van der Waals surface area contributed by atoms with Gasteiger partial charge in [0.15, 0.2) is 5.11 Å². The number of carbonyl (C=O) groups excluding carboxylic acids is 2. The van der Waals surface area contributed by atoms with Crippen molar-refractivity contribution in [3.8, 4) is 5.75 Å². The summed E-state index contributed by atoms with van der Waals surface area (Å²) in [5.74, 6) is -0.249. The van der Waals surface area contributed by atoms with Gasteiger partial charge in [0.25, 0.3) is 11.8 Å². The van der Waals surface area contributed by atoms with Gasteiger partial charge in [-0.2, -0.15) is 0 Å². The van der Waals surface area contributed by atoms with Crippen molar-refractivity contribution < 1.29 is 14.3 Å². The van der Waals surface area contributed by atoms with Gasteiger partial charge in [0.1, 0.15) is 17.2 Å². The molecular weight excluding hydrogens is 430 g/mol. The Bertz CT molecular complexity index is 1080. The maximum Gasteiger partial charge on any atom is 0.269 e. The van der Waals surface area contributed by atoms with Crippen LogP contribution in [0.2, 0.25) is 5.02 Å². The van der Waals surface area contributed by atoms with E-state index in [0.29, 0.717) is 27.8 Å². The molecule has 2 aromatic carbocycles. The number of hydrogen-bond acceptors (Lipinski definition) is 5. The van der Waals surface area contributed by atoms with Crippen LogP contribution in [0.1, 0.15) is 20.0 Å². The van der Waals surface area contributed by atoms with Gasteiger partial charge in [-0.25, -0.2) is 0 Å². The Morgan fingerprint density at radius 2 is 1.83 bits per heavy atom. The minimum atomic E-state index is -0.452. The fraction of sp³-hybridized carbons (Fsp3) is 0.0500. The summed E-state index contributed by atoms with van der Waals surface area (Å²) in [7, 11) is 0. The Morgan fingerprint density at radius 1 is 1.10 bits per heavy atom. The molecule has 0 aliphatic heterocycles. The number of hydrogen-bond donors (Lipinski definition) is 3. The molecule has 0 aliphatic rings. The van der Waals surface area contributed by atoms with Gasteiger partial charge in [-0.15, -0.1) is 11.3 Å². The molecule has 0 radical (unpaired) electrons. The molecule has 0 bridgehead atoms. The summed E-state index contributed by atoms with van der Waals surface area (Å²) in [4.78, 5) is 25.0. The highest BCUT2D eigenvalue weighted by Crippen LogP contribution is 2.34.